The van der Waals surface area contributed by atoms with Crippen molar-refractivity contribution >= 4 is 0 Å². The van der Waals surface area contributed by atoms with Gasteiger partial charge >= 0.3 is 0 Å². The third kappa shape index (κ3) is 4.07. The van der Waals surface area contributed by atoms with E-state index in [2.05, 4.69) is 17.1 Å². The Morgan fingerprint density at radius 3 is 3.08 bits per heavy atom. The van der Waals surface area contributed by atoms with Gasteiger partial charge in [-0.15, -0.1) is 0 Å². The molecular formula is C10H22N2O. The van der Waals surface area contributed by atoms with E-state index in [1.807, 2.05) is 0 Å². The lowest BCUT2D eigenvalue weighted by Crippen LogP contribution is -2.30. The Morgan fingerprint density at radius 2 is 2.38 bits per heavy atom. The summed E-state index contributed by atoms with van der Waals surface area (Å²) in [5.41, 5.74) is 0. The third-order valence-electron chi connectivity index (χ3n) is 2.76. The van der Waals surface area contributed by atoms with Gasteiger partial charge in [0.1, 0.15) is 0 Å². The molecule has 1 heterocycles. The number of likely N-dealkylation sites (tertiary alicyclic amines) is 1. The van der Waals surface area contributed by atoms with Crippen LogP contribution in [0.25, 0.3) is 0 Å². The van der Waals surface area contributed by atoms with Crippen LogP contribution < -0.4 is 5.32 Å². The van der Waals surface area contributed by atoms with Gasteiger partial charge in [0, 0.05) is 26.2 Å². The number of nitrogens with one attached hydrogen (secondary N) is 1. The largest absolute Gasteiger partial charge is 0.396 e. The van der Waals surface area contributed by atoms with E-state index in [9.17, 15) is 0 Å². The van der Waals surface area contributed by atoms with E-state index in [-0.39, 0.29) is 0 Å². The Morgan fingerprint density at radius 1 is 1.54 bits per heavy atom. The van der Waals surface area contributed by atoms with Gasteiger partial charge in [0.25, 0.3) is 0 Å². The molecule has 13 heavy (non-hydrogen) atoms. The third-order valence-corrected chi connectivity index (χ3v) is 2.76. The summed E-state index contributed by atoms with van der Waals surface area (Å²) < 4.78 is 0. The fraction of sp³-hybridized carbons (Fsp3) is 1.00. The zero-order chi connectivity index (χ0) is 9.52. The smallest absolute Gasteiger partial charge is 0.0434 e. The minimum Gasteiger partial charge on any atom is -0.396 e. The molecule has 1 unspecified atom stereocenters. The Bertz CT molecular complexity index is 130. The number of likely N-dealkylation sites (N-methyl/N-ethyl adjacent to an activating group) is 1. The summed E-state index contributed by atoms with van der Waals surface area (Å²) in [5, 5.41) is 12.1. The first-order valence-corrected chi connectivity index (χ1v) is 5.40. The van der Waals surface area contributed by atoms with E-state index in [1.165, 1.54) is 19.5 Å². The molecule has 0 saturated carbocycles. The molecule has 1 rings (SSSR count). The summed E-state index contributed by atoms with van der Waals surface area (Å²) in [4.78, 5) is 2.49. The van der Waals surface area contributed by atoms with E-state index in [0.29, 0.717) is 6.61 Å². The molecule has 0 radical (unpaired) electrons. The molecule has 78 valence electrons. The van der Waals surface area contributed by atoms with Crippen LogP contribution in [0.4, 0.5) is 0 Å². The van der Waals surface area contributed by atoms with Crippen LogP contribution in [-0.4, -0.2) is 49.3 Å². The first-order chi connectivity index (χ1) is 6.36. The highest BCUT2D eigenvalue weighted by molar-refractivity contribution is 4.75. The maximum absolute atomic E-state index is 8.80. The van der Waals surface area contributed by atoms with Crippen LogP contribution in [0.2, 0.25) is 0 Å². The summed E-state index contributed by atoms with van der Waals surface area (Å²) in [6, 6.07) is 0. The average molecular weight is 186 g/mol. The van der Waals surface area contributed by atoms with Crippen LogP contribution in [0, 0.1) is 5.92 Å². The second kappa shape index (κ2) is 6.35. The van der Waals surface area contributed by atoms with Crippen LogP contribution in [0.3, 0.4) is 0 Å². The normalized spacial score (nSPS) is 24.0. The first kappa shape index (κ1) is 11.0. The Hall–Kier alpha value is -0.120. The van der Waals surface area contributed by atoms with Gasteiger partial charge in [0.05, 0.1) is 0 Å². The summed E-state index contributed by atoms with van der Waals surface area (Å²) in [7, 11) is 0. The van der Waals surface area contributed by atoms with Crippen LogP contribution in [-0.2, 0) is 0 Å². The van der Waals surface area contributed by atoms with Gasteiger partial charge in [-0.05, 0) is 31.8 Å². The second-order valence-corrected chi connectivity index (χ2v) is 3.82. The van der Waals surface area contributed by atoms with E-state index in [4.69, 9.17) is 5.11 Å². The maximum Gasteiger partial charge on any atom is 0.0434 e. The lowest BCUT2D eigenvalue weighted by Gasteiger charge is -2.15. The molecule has 2 N–H and O–H groups in total. The summed E-state index contributed by atoms with van der Waals surface area (Å²) in [6.45, 7) is 8.22. The van der Waals surface area contributed by atoms with Crippen molar-refractivity contribution in [3.8, 4) is 0 Å². The number of hydrogen-bond acceptors (Lipinski definition) is 3. The highest BCUT2D eigenvalue weighted by atomic mass is 16.3. The van der Waals surface area contributed by atoms with Crippen LogP contribution >= 0.6 is 0 Å². The van der Waals surface area contributed by atoms with Crippen LogP contribution in [0.5, 0.6) is 0 Å². The lowest BCUT2D eigenvalue weighted by molar-refractivity contribution is 0.251. The van der Waals surface area contributed by atoms with Crippen molar-refractivity contribution in [2.75, 3.05) is 39.3 Å². The summed E-state index contributed by atoms with van der Waals surface area (Å²) >= 11 is 0. The highest BCUT2D eigenvalue weighted by Crippen LogP contribution is 2.18. The molecule has 0 amide bonds. The zero-order valence-corrected chi connectivity index (χ0v) is 8.63. The lowest BCUT2D eigenvalue weighted by atomic mass is 10.1. The molecule has 1 aliphatic heterocycles. The SMILES string of the molecule is CCNCCN1CCC(CCO)C1. The molecule has 0 aromatic carbocycles. The molecule has 1 atom stereocenters. The standard InChI is InChI=1S/C10H22N2O/c1-2-11-5-7-12-6-3-10(9-12)4-8-13/h10-11,13H,2-9H2,1H3. The van der Waals surface area contributed by atoms with Gasteiger partial charge in [0.15, 0.2) is 0 Å². The minimum absolute atomic E-state index is 0.353. The van der Waals surface area contributed by atoms with Gasteiger partial charge in [-0.3, -0.25) is 0 Å². The van der Waals surface area contributed by atoms with Crippen molar-refractivity contribution in [3.63, 3.8) is 0 Å². The molecule has 0 aromatic heterocycles. The molecule has 0 spiro atoms. The number of aliphatic hydroxyl groups is 1. The Balaban J connectivity index is 2.03. The van der Waals surface area contributed by atoms with Crippen molar-refractivity contribution in [3.05, 3.63) is 0 Å². The van der Waals surface area contributed by atoms with Crippen molar-refractivity contribution in [1.29, 1.82) is 0 Å². The van der Waals surface area contributed by atoms with Crippen LogP contribution in [0.15, 0.2) is 0 Å². The molecule has 3 heteroatoms. The predicted octanol–water partition coefficient (Wildman–Crippen LogP) is 0.300. The molecule has 3 nitrogen and oxygen atoms in total. The number of aliphatic hydroxyl groups excluding tert-OH is 1. The number of hydrogen-bond donors (Lipinski definition) is 2. The van der Waals surface area contributed by atoms with Crippen molar-refractivity contribution in [1.82, 2.24) is 10.2 Å². The predicted molar refractivity (Wildman–Crippen MR) is 54.8 cm³/mol. The first-order valence-electron chi connectivity index (χ1n) is 5.40. The molecule has 0 bridgehead atoms. The van der Waals surface area contributed by atoms with E-state index in [1.54, 1.807) is 0 Å². The molecule has 0 aromatic rings. The number of rotatable bonds is 6. The molecule has 1 fully saturated rings. The quantitative estimate of drug-likeness (QED) is 0.586. The summed E-state index contributed by atoms with van der Waals surface area (Å²) in [5.74, 6) is 0.742. The maximum atomic E-state index is 8.80. The van der Waals surface area contributed by atoms with Gasteiger partial charge in [-0.2, -0.15) is 0 Å². The van der Waals surface area contributed by atoms with Gasteiger partial charge in [0.2, 0.25) is 0 Å². The van der Waals surface area contributed by atoms with Crippen LogP contribution in [0.1, 0.15) is 19.8 Å². The molecular weight excluding hydrogens is 164 g/mol. The Labute approximate surface area is 81.1 Å². The summed E-state index contributed by atoms with van der Waals surface area (Å²) in [6.07, 6.45) is 2.25. The molecule has 1 saturated heterocycles. The van der Waals surface area contributed by atoms with E-state index >= 15 is 0 Å². The number of nitrogens with zero attached hydrogens (tertiary/aromatic N) is 1. The Kier molecular flexibility index (Phi) is 5.35. The van der Waals surface area contributed by atoms with E-state index in [0.717, 1.165) is 32.0 Å². The van der Waals surface area contributed by atoms with Crippen molar-refractivity contribution in [2.45, 2.75) is 19.8 Å². The van der Waals surface area contributed by atoms with Crippen molar-refractivity contribution < 1.29 is 5.11 Å². The fourth-order valence-electron chi connectivity index (χ4n) is 1.95. The second-order valence-electron chi connectivity index (χ2n) is 3.82. The topological polar surface area (TPSA) is 35.5 Å². The zero-order valence-electron chi connectivity index (χ0n) is 8.63. The van der Waals surface area contributed by atoms with Gasteiger partial charge < -0.3 is 15.3 Å². The highest BCUT2D eigenvalue weighted by Gasteiger charge is 2.20. The average Bonchev–Trinajstić information content (AvgIpc) is 2.54. The van der Waals surface area contributed by atoms with Gasteiger partial charge in [-0.1, -0.05) is 6.92 Å². The van der Waals surface area contributed by atoms with Crippen molar-refractivity contribution in [2.24, 2.45) is 5.92 Å². The molecule has 1 aliphatic rings. The van der Waals surface area contributed by atoms with E-state index < -0.39 is 0 Å². The van der Waals surface area contributed by atoms with Gasteiger partial charge in [-0.25, -0.2) is 0 Å². The minimum atomic E-state index is 0.353. The monoisotopic (exact) mass is 186 g/mol. The molecule has 0 aliphatic carbocycles. The fourth-order valence-corrected chi connectivity index (χ4v) is 1.95.